The summed E-state index contributed by atoms with van der Waals surface area (Å²) < 4.78 is 0. The Balaban J connectivity index is 0.00000121. The van der Waals surface area contributed by atoms with Crippen LogP contribution in [0.25, 0.3) is 0 Å². The molecule has 2 heteroatoms. The molecule has 1 heterocycles. The predicted molar refractivity (Wildman–Crippen MR) is 56.1 cm³/mol. The Morgan fingerprint density at radius 2 is 1.17 bits per heavy atom. The highest BCUT2D eigenvalue weighted by Crippen LogP contribution is 2.85. The first-order valence-electron chi connectivity index (χ1n) is 4.50. The van der Waals surface area contributed by atoms with Crippen LogP contribution in [0.15, 0.2) is 0 Å². The molecule has 1 saturated heterocycles. The number of halogens is 1. The van der Waals surface area contributed by atoms with Crippen LogP contribution in [-0.4, -0.2) is 23.6 Å². The van der Waals surface area contributed by atoms with E-state index in [-0.39, 0.29) is 17.0 Å². The molecule has 0 nitrogen and oxygen atoms in total. The van der Waals surface area contributed by atoms with Crippen molar-refractivity contribution in [2.75, 3.05) is 13.3 Å². The van der Waals surface area contributed by atoms with E-state index in [1.54, 1.807) is 0 Å². The molecule has 0 aliphatic carbocycles. The van der Waals surface area contributed by atoms with Crippen molar-refractivity contribution < 1.29 is 17.0 Å². The highest BCUT2D eigenvalue weighted by Gasteiger charge is 2.71. The van der Waals surface area contributed by atoms with Crippen LogP contribution in [-0.2, 0) is 0 Å². The van der Waals surface area contributed by atoms with E-state index in [2.05, 4.69) is 47.9 Å². The van der Waals surface area contributed by atoms with Crippen LogP contribution in [0.3, 0.4) is 0 Å². The molecule has 0 saturated carbocycles. The van der Waals surface area contributed by atoms with E-state index in [0.29, 0.717) is 10.3 Å². The predicted octanol–water partition coefficient (Wildman–Crippen LogP) is 0.474. The standard InChI is InChI=1S/C10H22P.BrH/c1-8-9(2,3)11(6,7)10(8,4)5;/h8H,1-7H3;1H/q+1;/p-1. The molecule has 74 valence electrons. The molecule has 1 rings (SSSR count). The molecule has 0 aromatic rings. The lowest BCUT2D eigenvalue weighted by molar-refractivity contribution is -0.00000297. The maximum atomic E-state index is 2.51. The third kappa shape index (κ3) is 1.12. The SMILES string of the molecule is CC1C(C)(C)[P+](C)(C)C1(C)C.[Br-]. The minimum Gasteiger partial charge on any atom is -1.00 e. The minimum atomic E-state index is -0.678. The van der Waals surface area contributed by atoms with Gasteiger partial charge in [0.1, 0.15) is 0 Å². The maximum Gasteiger partial charge on any atom is 0.0808 e. The summed E-state index contributed by atoms with van der Waals surface area (Å²) in [7, 11) is -0.678. The zero-order valence-corrected chi connectivity index (χ0v) is 11.9. The van der Waals surface area contributed by atoms with Gasteiger partial charge in [0.2, 0.25) is 0 Å². The number of hydrogen-bond acceptors (Lipinski definition) is 0. The first-order chi connectivity index (χ1) is 4.65. The summed E-state index contributed by atoms with van der Waals surface area (Å²) in [5.74, 6) is 0.887. The average Bonchev–Trinajstić information content (AvgIpc) is 1.84. The second-order valence-corrected chi connectivity index (χ2v) is 10.7. The fraction of sp³-hybridized carbons (Fsp3) is 1.00. The fourth-order valence-corrected chi connectivity index (χ4v) is 6.37. The quantitative estimate of drug-likeness (QED) is 0.551. The largest absolute Gasteiger partial charge is 1.00 e. The first kappa shape index (κ1) is 12.9. The van der Waals surface area contributed by atoms with Gasteiger partial charge in [0.25, 0.3) is 0 Å². The Kier molecular flexibility index (Phi) is 3.18. The first-order valence-corrected chi connectivity index (χ1v) is 7.18. The van der Waals surface area contributed by atoms with Gasteiger partial charge in [0.05, 0.1) is 10.3 Å². The third-order valence-electron chi connectivity index (χ3n) is 5.00. The highest BCUT2D eigenvalue weighted by molar-refractivity contribution is 7.79. The van der Waals surface area contributed by atoms with Gasteiger partial charge >= 0.3 is 0 Å². The van der Waals surface area contributed by atoms with Gasteiger partial charge in [-0.1, -0.05) is 6.92 Å². The Labute approximate surface area is 88.6 Å². The molecule has 0 atom stereocenters. The summed E-state index contributed by atoms with van der Waals surface area (Å²) in [6, 6.07) is 0. The van der Waals surface area contributed by atoms with Crippen molar-refractivity contribution in [1.82, 2.24) is 0 Å². The summed E-state index contributed by atoms with van der Waals surface area (Å²) in [6.45, 7) is 17.2. The lowest BCUT2D eigenvalue weighted by atomic mass is 9.83. The van der Waals surface area contributed by atoms with Crippen molar-refractivity contribution in [3.05, 3.63) is 0 Å². The molecule has 0 aromatic heterocycles. The van der Waals surface area contributed by atoms with E-state index in [1.165, 1.54) is 0 Å². The van der Waals surface area contributed by atoms with E-state index < -0.39 is 7.26 Å². The monoisotopic (exact) mass is 252 g/mol. The minimum absolute atomic E-state index is 0. The van der Waals surface area contributed by atoms with Gasteiger partial charge in [-0.15, -0.1) is 0 Å². The second-order valence-electron chi connectivity index (χ2n) is 5.48. The molecule has 12 heavy (non-hydrogen) atoms. The molecule has 0 N–H and O–H groups in total. The van der Waals surface area contributed by atoms with Crippen molar-refractivity contribution in [1.29, 1.82) is 0 Å². The van der Waals surface area contributed by atoms with Crippen molar-refractivity contribution in [2.45, 2.75) is 44.9 Å². The molecular formula is C10H22BrP. The zero-order chi connectivity index (χ0) is 9.08. The lowest BCUT2D eigenvalue weighted by Gasteiger charge is -2.62. The maximum absolute atomic E-state index is 2.51. The van der Waals surface area contributed by atoms with Gasteiger partial charge < -0.3 is 17.0 Å². The van der Waals surface area contributed by atoms with Gasteiger partial charge in [0.15, 0.2) is 0 Å². The van der Waals surface area contributed by atoms with E-state index in [4.69, 9.17) is 0 Å². The molecule has 1 fully saturated rings. The molecule has 0 radical (unpaired) electrons. The lowest BCUT2D eigenvalue weighted by Crippen LogP contribution is -3.00. The van der Waals surface area contributed by atoms with Crippen molar-refractivity contribution in [3.63, 3.8) is 0 Å². The third-order valence-corrected chi connectivity index (χ3v) is 11.5. The van der Waals surface area contributed by atoms with Crippen LogP contribution < -0.4 is 17.0 Å². The molecule has 1 aliphatic heterocycles. The molecule has 0 spiro atoms. The van der Waals surface area contributed by atoms with Gasteiger partial charge in [-0.05, 0) is 27.7 Å². The zero-order valence-electron chi connectivity index (χ0n) is 9.40. The van der Waals surface area contributed by atoms with Gasteiger partial charge in [-0.3, -0.25) is 0 Å². The molecule has 0 bridgehead atoms. The Bertz CT molecular complexity index is 164. The molecule has 1 aliphatic rings. The smallest absolute Gasteiger partial charge is 0.0808 e. The van der Waals surface area contributed by atoms with E-state index >= 15 is 0 Å². The van der Waals surface area contributed by atoms with Crippen molar-refractivity contribution >= 4 is 7.26 Å². The van der Waals surface area contributed by atoms with Gasteiger partial charge in [-0.25, -0.2) is 0 Å². The van der Waals surface area contributed by atoms with Gasteiger partial charge in [-0.2, -0.15) is 0 Å². The van der Waals surface area contributed by atoms with Crippen molar-refractivity contribution in [2.24, 2.45) is 5.92 Å². The van der Waals surface area contributed by atoms with Crippen LogP contribution >= 0.6 is 7.26 Å². The van der Waals surface area contributed by atoms with Crippen LogP contribution in [0.1, 0.15) is 34.6 Å². The normalized spacial score (nSPS) is 30.2. The number of hydrogen-bond donors (Lipinski definition) is 0. The molecule has 0 amide bonds. The van der Waals surface area contributed by atoms with Crippen molar-refractivity contribution in [3.8, 4) is 0 Å². The topological polar surface area (TPSA) is 0 Å². The van der Waals surface area contributed by atoms with Gasteiger partial charge in [0, 0.05) is 26.5 Å². The summed E-state index contributed by atoms with van der Waals surface area (Å²) in [5.41, 5.74) is 0. The summed E-state index contributed by atoms with van der Waals surface area (Å²) in [6.07, 6.45) is 0. The van der Waals surface area contributed by atoms with E-state index in [0.717, 1.165) is 5.92 Å². The number of rotatable bonds is 0. The average molecular weight is 253 g/mol. The fourth-order valence-electron chi connectivity index (χ4n) is 2.51. The summed E-state index contributed by atoms with van der Waals surface area (Å²) in [5, 5.41) is 1.24. The highest BCUT2D eigenvalue weighted by atomic mass is 79.9. The Morgan fingerprint density at radius 1 is 0.917 bits per heavy atom. The van der Waals surface area contributed by atoms with Crippen LogP contribution in [0, 0.1) is 5.92 Å². The Morgan fingerprint density at radius 3 is 1.25 bits per heavy atom. The summed E-state index contributed by atoms with van der Waals surface area (Å²) in [4.78, 5) is 0. The summed E-state index contributed by atoms with van der Waals surface area (Å²) >= 11 is 0. The van der Waals surface area contributed by atoms with Crippen LogP contribution in [0.4, 0.5) is 0 Å². The van der Waals surface area contributed by atoms with Crippen LogP contribution in [0.2, 0.25) is 0 Å². The molecule has 0 unspecified atom stereocenters. The van der Waals surface area contributed by atoms with E-state index in [9.17, 15) is 0 Å². The van der Waals surface area contributed by atoms with E-state index in [1.807, 2.05) is 0 Å². The Hall–Kier alpha value is 0.910. The second kappa shape index (κ2) is 2.95. The molecule has 0 aromatic carbocycles. The molecular weight excluding hydrogens is 231 g/mol. The van der Waals surface area contributed by atoms with Crippen LogP contribution in [0.5, 0.6) is 0 Å².